The first-order valence-corrected chi connectivity index (χ1v) is 5.88. The molecule has 0 unspecified atom stereocenters. The van der Waals surface area contributed by atoms with Crippen molar-refractivity contribution in [2.45, 2.75) is 12.8 Å². The van der Waals surface area contributed by atoms with Crippen molar-refractivity contribution < 1.29 is 9.66 Å². The maximum atomic E-state index is 11.0. The van der Waals surface area contributed by atoms with E-state index in [0.717, 1.165) is 12.8 Å². The van der Waals surface area contributed by atoms with E-state index >= 15 is 0 Å². The summed E-state index contributed by atoms with van der Waals surface area (Å²) in [5.41, 5.74) is 1.15. The number of rotatable bonds is 8. The molecule has 1 rings (SSSR count). The minimum absolute atomic E-state index is 0.0896. The predicted molar refractivity (Wildman–Crippen MR) is 72.2 cm³/mol. The van der Waals surface area contributed by atoms with Crippen molar-refractivity contribution in [3.63, 3.8) is 0 Å². The summed E-state index contributed by atoms with van der Waals surface area (Å²) in [6, 6.07) is 5.19. The fraction of sp³-hybridized carbons (Fsp3) is 0.500. The summed E-state index contributed by atoms with van der Waals surface area (Å²) in [5.74, 6) is 0. The van der Waals surface area contributed by atoms with Crippen LogP contribution in [0.15, 0.2) is 18.2 Å². The Bertz CT molecular complexity index is 396. The molecule has 0 aliphatic heterocycles. The summed E-state index contributed by atoms with van der Waals surface area (Å²) in [6.45, 7) is 1.40. The van der Waals surface area contributed by atoms with Crippen LogP contribution in [0.25, 0.3) is 0 Å². The van der Waals surface area contributed by atoms with Crippen LogP contribution in [0.2, 0.25) is 0 Å². The highest BCUT2D eigenvalue weighted by atomic mass is 16.6. The molecule has 0 saturated heterocycles. The molecule has 0 atom stereocenters. The summed E-state index contributed by atoms with van der Waals surface area (Å²) in [5, 5.41) is 17.0. The van der Waals surface area contributed by atoms with Gasteiger partial charge >= 0.3 is 5.69 Å². The number of ether oxygens (including phenoxy) is 1. The molecule has 0 aromatic heterocycles. The molecule has 0 radical (unpaired) electrons. The first-order chi connectivity index (χ1) is 8.70. The fourth-order valence-corrected chi connectivity index (χ4v) is 1.68. The van der Waals surface area contributed by atoms with Crippen molar-refractivity contribution in [2.24, 2.45) is 0 Å². The van der Waals surface area contributed by atoms with Gasteiger partial charge in [0.1, 0.15) is 11.4 Å². The Kier molecular flexibility index (Phi) is 5.93. The maximum absolute atomic E-state index is 11.0. The number of nitro groups is 1. The van der Waals surface area contributed by atoms with Gasteiger partial charge in [0.2, 0.25) is 0 Å². The van der Waals surface area contributed by atoms with Crippen LogP contribution in [-0.2, 0) is 4.74 Å². The number of nitrogens with zero attached hydrogens (tertiary/aromatic N) is 1. The monoisotopic (exact) mass is 253 g/mol. The normalized spacial score (nSPS) is 10.1. The number of benzene rings is 1. The number of unbranched alkanes of at least 4 members (excludes halogenated alkanes) is 1. The van der Waals surface area contributed by atoms with Gasteiger partial charge in [-0.15, -0.1) is 0 Å². The minimum atomic E-state index is -0.372. The lowest BCUT2D eigenvalue weighted by Gasteiger charge is -2.09. The van der Waals surface area contributed by atoms with Crippen LogP contribution < -0.4 is 10.6 Å². The van der Waals surface area contributed by atoms with Gasteiger partial charge in [0.05, 0.1) is 4.92 Å². The zero-order valence-corrected chi connectivity index (χ0v) is 10.7. The molecule has 1 aromatic carbocycles. The van der Waals surface area contributed by atoms with Crippen LogP contribution in [0.4, 0.5) is 17.1 Å². The third-order valence-electron chi connectivity index (χ3n) is 2.58. The molecule has 2 N–H and O–H groups in total. The SMILES string of the molecule is CNc1cccc(NCCCCOC)c1[N+](=O)[O-]. The van der Waals surface area contributed by atoms with E-state index in [1.54, 1.807) is 32.4 Å². The topological polar surface area (TPSA) is 76.4 Å². The molecule has 0 aliphatic carbocycles. The molecular weight excluding hydrogens is 234 g/mol. The van der Waals surface area contributed by atoms with Gasteiger partial charge < -0.3 is 15.4 Å². The third-order valence-corrected chi connectivity index (χ3v) is 2.58. The molecule has 0 heterocycles. The predicted octanol–water partition coefficient (Wildman–Crippen LogP) is 2.48. The highest BCUT2D eigenvalue weighted by molar-refractivity contribution is 5.75. The van der Waals surface area contributed by atoms with Gasteiger partial charge in [-0.1, -0.05) is 6.07 Å². The van der Waals surface area contributed by atoms with E-state index in [1.165, 1.54) is 0 Å². The van der Waals surface area contributed by atoms with Gasteiger partial charge in [-0.3, -0.25) is 10.1 Å². The Morgan fingerprint density at radius 2 is 2.06 bits per heavy atom. The van der Waals surface area contributed by atoms with Crippen LogP contribution in [0.5, 0.6) is 0 Å². The summed E-state index contributed by atoms with van der Waals surface area (Å²) in [7, 11) is 3.33. The van der Waals surface area contributed by atoms with E-state index in [2.05, 4.69) is 10.6 Å². The molecule has 0 bridgehead atoms. The Morgan fingerprint density at radius 3 is 2.67 bits per heavy atom. The molecule has 0 spiro atoms. The largest absolute Gasteiger partial charge is 0.385 e. The van der Waals surface area contributed by atoms with Crippen LogP contribution in [0.1, 0.15) is 12.8 Å². The summed E-state index contributed by atoms with van der Waals surface area (Å²) in [4.78, 5) is 10.7. The number of nitrogens with one attached hydrogen (secondary N) is 2. The maximum Gasteiger partial charge on any atom is 0.315 e. The fourth-order valence-electron chi connectivity index (χ4n) is 1.68. The van der Waals surface area contributed by atoms with E-state index in [9.17, 15) is 10.1 Å². The second-order valence-electron chi connectivity index (χ2n) is 3.84. The highest BCUT2D eigenvalue weighted by Gasteiger charge is 2.18. The van der Waals surface area contributed by atoms with E-state index in [-0.39, 0.29) is 10.6 Å². The average Bonchev–Trinajstić information content (AvgIpc) is 2.37. The van der Waals surface area contributed by atoms with E-state index in [4.69, 9.17) is 4.74 Å². The number of para-hydroxylation sites is 1. The van der Waals surface area contributed by atoms with Crippen LogP contribution in [0.3, 0.4) is 0 Å². The molecule has 100 valence electrons. The lowest BCUT2D eigenvalue weighted by molar-refractivity contribution is -0.383. The van der Waals surface area contributed by atoms with Crippen LogP contribution >= 0.6 is 0 Å². The molecular formula is C12H19N3O3. The molecule has 0 amide bonds. The van der Waals surface area contributed by atoms with E-state index in [1.807, 2.05) is 0 Å². The van der Waals surface area contributed by atoms with E-state index < -0.39 is 0 Å². The summed E-state index contributed by atoms with van der Waals surface area (Å²) in [6.07, 6.45) is 1.85. The molecule has 0 fully saturated rings. The summed E-state index contributed by atoms with van der Waals surface area (Å²) >= 11 is 0. The third kappa shape index (κ3) is 3.89. The molecule has 6 heteroatoms. The number of hydrogen-bond donors (Lipinski definition) is 2. The smallest absolute Gasteiger partial charge is 0.315 e. The minimum Gasteiger partial charge on any atom is -0.385 e. The van der Waals surface area contributed by atoms with Gasteiger partial charge in [0.25, 0.3) is 0 Å². The Labute approximate surface area is 106 Å². The second kappa shape index (κ2) is 7.50. The standard InChI is InChI=1S/C12H19N3O3/c1-13-10-6-5-7-11(12(10)15(16)17)14-8-3-4-9-18-2/h5-7,13-14H,3-4,8-9H2,1-2H3. The average molecular weight is 253 g/mol. The molecule has 1 aromatic rings. The Hall–Kier alpha value is -1.82. The van der Waals surface area contributed by atoms with Crippen molar-refractivity contribution >= 4 is 17.1 Å². The molecule has 0 saturated carbocycles. The van der Waals surface area contributed by atoms with E-state index in [0.29, 0.717) is 24.5 Å². The molecule has 6 nitrogen and oxygen atoms in total. The van der Waals surface area contributed by atoms with Crippen molar-refractivity contribution in [3.8, 4) is 0 Å². The second-order valence-corrected chi connectivity index (χ2v) is 3.84. The van der Waals surface area contributed by atoms with Gasteiger partial charge in [0.15, 0.2) is 0 Å². The zero-order valence-electron chi connectivity index (χ0n) is 10.7. The van der Waals surface area contributed by atoms with Crippen molar-refractivity contribution in [1.82, 2.24) is 0 Å². The number of nitro benzene ring substituents is 1. The first-order valence-electron chi connectivity index (χ1n) is 5.88. The number of anilines is 2. The van der Waals surface area contributed by atoms with Crippen LogP contribution in [0, 0.1) is 10.1 Å². The lowest BCUT2D eigenvalue weighted by atomic mass is 10.2. The van der Waals surface area contributed by atoms with Gasteiger partial charge in [-0.2, -0.15) is 0 Å². The Balaban J connectivity index is 2.67. The first kappa shape index (κ1) is 14.2. The summed E-state index contributed by atoms with van der Waals surface area (Å²) < 4.78 is 4.95. The number of hydrogen-bond acceptors (Lipinski definition) is 5. The zero-order chi connectivity index (χ0) is 13.4. The van der Waals surface area contributed by atoms with Gasteiger partial charge in [-0.25, -0.2) is 0 Å². The lowest BCUT2D eigenvalue weighted by Crippen LogP contribution is -2.06. The van der Waals surface area contributed by atoms with Crippen molar-refractivity contribution in [2.75, 3.05) is 37.9 Å². The van der Waals surface area contributed by atoms with Gasteiger partial charge in [-0.05, 0) is 25.0 Å². The van der Waals surface area contributed by atoms with Gasteiger partial charge in [0, 0.05) is 27.3 Å². The van der Waals surface area contributed by atoms with Crippen molar-refractivity contribution in [3.05, 3.63) is 28.3 Å². The molecule has 18 heavy (non-hydrogen) atoms. The quantitative estimate of drug-likeness (QED) is 0.423. The van der Waals surface area contributed by atoms with Crippen LogP contribution in [-0.4, -0.2) is 32.2 Å². The van der Waals surface area contributed by atoms with Crippen molar-refractivity contribution in [1.29, 1.82) is 0 Å². The molecule has 0 aliphatic rings. The Morgan fingerprint density at radius 1 is 1.33 bits per heavy atom. The number of methoxy groups -OCH3 is 1. The highest BCUT2D eigenvalue weighted by Crippen LogP contribution is 2.32.